The third-order valence-electron chi connectivity index (χ3n) is 8.82. The maximum Gasteiger partial charge on any atom is 0.172 e. The Morgan fingerprint density at radius 2 is 2.12 bits per heavy atom. The number of fused-ring (bicyclic) bond motifs is 1. The van der Waals surface area contributed by atoms with Gasteiger partial charge in [-0.25, -0.2) is 0 Å². The van der Waals surface area contributed by atoms with Gasteiger partial charge < -0.3 is 10.2 Å². The number of thiophene rings is 1. The van der Waals surface area contributed by atoms with Gasteiger partial charge in [0.05, 0.1) is 17.1 Å². The van der Waals surface area contributed by atoms with Crippen molar-refractivity contribution < 1.29 is 15.0 Å². The van der Waals surface area contributed by atoms with Crippen LogP contribution in [-0.2, 0) is 0 Å². The number of hydrogen-bond acceptors (Lipinski definition) is 4. The Balaban J connectivity index is 1.43. The molecule has 6 atom stereocenters. The lowest BCUT2D eigenvalue weighted by molar-refractivity contribution is 0.0856. The molecule has 0 aliphatic heterocycles. The number of carbonyl (C=O) groups is 1. The van der Waals surface area contributed by atoms with Crippen LogP contribution in [0.3, 0.4) is 0 Å². The van der Waals surface area contributed by atoms with E-state index in [2.05, 4.69) is 38.0 Å². The maximum absolute atomic E-state index is 12.7. The molecule has 1 aromatic rings. The third-order valence-corrected chi connectivity index (χ3v) is 9.91. The first-order valence-corrected chi connectivity index (χ1v) is 13.6. The molecular formula is C29H40O3S. The quantitative estimate of drug-likeness (QED) is 0.452. The zero-order valence-corrected chi connectivity index (χ0v) is 21.3. The van der Waals surface area contributed by atoms with Gasteiger partial charge in [0.2, 0.25) is 0 Å². The molecule has 1 heterocycles. The molecule has 0 unspecified atom stereocenters. The maximum atomic E-state index is 12.7. The first-order chi connectivity index (χ1) is 15.7. The van der Waals surface area contributed by atoms with Crippen molar-refractivity contribution in [2.75, 3.05) is 0 Å². The van der Waals surface area contributed by atoms with Crippen molar-refractivity contribution in [1.82, 2.24) is 0 Å². The second-order valence-electron chi connectivity index (χ2n) is 11.1. The molecule has 4 rings (SSSR count). The predicted molar refractivity (Wildman–Crippen MR) is 137 cm³/mol. The van der Waals surface area contributed by atoms with Gasteiger partial charge in [-0.3, -0.25) is 4.79 Å². The molecule has 0 radical (unpaired) electrons. The fraction of sp³-hybridized carbons (Fsp3) is 0.621. The Kier molecular flexibility index (Phi) is 7.47. The molecular weight excluding hydrogens is 428 g/mol. The molecule has 0 spiro atoms. The fourth-order valence-electron chi connectivity index (χ4n) is 6.94. The van der Waals surface area contributed by atoms with Gasteiger partial charge in [0.1, 0.15) is 0 Å². The van der Waals surface area contributed by atoms with Crippen LogP contribution >= 0.6 is 11.3 Å². The highest BCUT2D eigenvalue weighted by molar-refractivity contribution is 7.12. The van der Waals surface area contributed by atoms with Gasteiger partial charge in [0.25, 0.3) is 0 Å². The summed E-state index contributed by atoms with van der Waals surface area (Å²) in [7, 11) is 0. The van der Waals surface area contributed by atoms with Gasteiger partial charge in [0.15, 0.2) is 5.78 Å². The van der Waals surface area contributed by atoms with Gasteiger partial charge in [-0.1, -0.05) is 38.2 Å². The van der Waals surface area contributed by atoms with E-state index in [0.717, 1.165) is 28.9 Å². The van der Waals surface area contributed by atoms with E-state index in [1.165, 1.54) is 36.8 Å². The second-order valence-corrected chi connectivity index (χ2v) is 12.0. The van der Waals surface area contributed by atoms with Crippen molar-refractivity contribution in [3.8, 4) is 0 Å². The van der Waals surface area contributed by atoms with Crippen molar-refractivity contribution in [3.05, 3.63) is 57.3 Å². The number of Topliss-reactive ketones (excluding diaryl/α,β-unsaturated/α-hetero) is 1. The lowest BCUT2D eigenvalue weighted by Gasteiger charge is -2.44. The van der Waals surface area contributed by atoms with Gasteiger partial charge in [0, 0.05) is 12.8 Å². The van der Waals surface area contributed by atoms with Gasteiger partial charge in [-0.05, 0) is 103 Å². The topological polar surface area (TPSA) is 57.5 Å². The number of ketones is 1. The number of hydrogen-bond donors (Lipinski definition) is 2. The summed E-state index contributed by atoms with van der Waals surface area (Å²) >= 11 is 1.58. The molecule has 0 amide bonds. The van der Waals surface area contributed by atoms with Crippen LogP contribution in [0.5, 0.6) is 0 Å². The van der Waals surface area contributed by atoms with E-state index in [4.69, 9.17) is 0 Å². The summed E-state index contributed by atoms with van der Waals surface area (Å²) in [6.45, 7) is 11.0. The van der Waals surface area contributed by atoms with E-state index in [1.54, 1.807) is 11.3 Å². The Bertz CT molecular complexity index is 954. The Morgan fingerprint density at radius 3 is 2.85 bits per heavy atom. The van der Waals surface area contributed by atoms with Crippen LogP contribution in [0, 0.1) is 30.1 Å². The predicted octanol–water partition coefficient (Wildman–Crippen LogP) is 6.80. The molecule has 4 heteroatoms. The van der Waals surface area contributed by atoms with Gasteiger partial charge >= 0.3 is 0 Å². The molecule has 0 bridgehead atoms. The first-order valence-electron chi connectivity index (χ1n) is 12.7. The summed E-state index contributed by atoms with van der Waals surface area (Å²) in [5, 5.41) is 22.3. The van der Waals surface area contributed by atoms with Gasteiger partial charge in [-0.15, -0.1) is 11.3 Å². The molecule has 3 saturated carbocycles. The summed E-state index contributed by atoms with van der Waals surface area (Å²) in [5.74, 6) is 2.10. The number of aryl methyl sites for hydroxylation is 1. The molecule has 180 valence electrons. The van der Waals surface area contributed by atoms with E-state index >= 15 is 0 Å². The molecule has 0 aromatic carbocycles. The number of aliphatic hydroxyl groups excluding tert-OH is 2. The number of carbonyl (C=O) groups excluding carboxylic acids is 1. The van der Waals surface area contributed by atoms with Crippen LogP contribution in [0.4, 0.5) is 0 Å². The number of rotatable bonds is 6. The number of aliphatic hydroxyl groups is 2. The zero-order valence-electron chi connectivity index (χ0n) is 20.5. The van der Waals surface area contributed by atoms with E-state index < -0.39 is 12.2 Å². The molecule has 0 saturated heterocycles. The zero-order chi connectivity index (χ0) is 23.8. The van der Waals surface area contributed by atoms with E-state index in [1.807, 2.05) is 13.0 Å². The minimum atomic E-state index is -0.632. The highest BCUT2D eigenvalue weighted by Crippen LogP contribution is 2.59. The fourth-order valence-corrected chi connectivity index (χ4v) is 7.81. The smallest absolute Gasteiger partial charge is 0.172 e. The molecule has 1 aromatic heterocycles. The van der Waals surface area contributed by atoms with Gasteiger partial charge in [-0.2, -0.15) is 0 Å². The number of allylic oxidation sites excluding steroid dienone is 3. The summed E-state index contributed by atoms with van der Waals surface area (Å²) in [6, 6.07) is 2.02. The van der Waals surface area contributed by atoms with Crippen molar-refractivity contribution in [2.24, 2.45) is 23.2 Å². The average Bonchev–Trinajstić information content (AvgIpc) is 3.36. The summed E-state index contributed by atoms with van der Waals surface area (Å²) < 4.78 is 0. The first kappa shape index (κ1) is 24.6. The Morgan fingerprint density at radius 1 is 1.33 bits per heavy atom. The lowest BCUT2D eigenvalue weighted by Crippen LogP contribution is -2.36. The van der Waals surface area contributed by atoms with Crippen LogP contribution in [0.1, 0.15) is 86.9 Å². The SMILES string of the molecule is C=C1C(=CC=C2CCC[C@]3(C)[C@@H]([C@H](C)CCC(=O)c4cc(C)cs4)CC[C@@H]23)C[C@@H](O)C[C@@H]1O. The monoisotopic (exact) mass is 468 g/mol. The second kappa shape index (κ2) is 10.0. The molecule has 2 N–H and O–H groups in total. The van der Waals surface area contributed by atoms with Crippen molar-refractivity contribution in [2.45, 2.75) is 90.8 Å². The van der Waals surface area contributed by atoms with Crippen LogP contribution in [0.25, 0.3) is 0 Å². The van der Waals surface area contributed by atoms with Crippen LogP contribution in [0.15, 0.2) is 46.9 Å². The van der Waals surface area contributed by atoms with Crippen LogP contribution in [0.2, 0.25) is 0 Å². The van der Waals surface area contributed by atoms with E-state index in [0.29, 0.717) is 48.2 Å². The standard InChI is InChI=1S/C29H40O3S/c1-18-14-28(33-17-18)26(31)12-7-19(2)24-10-11-25-21(6-5-13-29(24,25)4)8-9-22-15-23(30)16-27(32)20(22)3/h8-9,14,17,19,23-25,27,30,32H,3,5-7,10-13,15-16H2,1-2,4H3/t19-,23-,24-,25+,27+,29-/m1/s1. The van der Waals surface area contributed by atoms with E-state index in [-0.39, 0.29) is 0 Å². The summed E-state index contributed by atoms with van der Waals surface area (Å²) in [4.78, 5) is 13.6. The van der Waals surface area contributed by atoms with Crippen LogP contribution < -0.4 is 0 Å². The minimum absolute atomic E-state index is 0.299. The van der Waals surface area contributed by atoms with Crippen molar-refractivity contribution >= 4 is 17.1 Å². The molecule has 3 aliphatic rings. The normalized spacial score (nSPS) is 35.7. The highest BCUT2D eigenvalue weighted by Gasteiger charge is 2.50. The molecule has 3 fully saturated rings. The Hall–Kier alpha value is -1.49. The molecule has 3 nitrogen and oxygen atoms in total. The molecule has 3 aliphatic carbocycles. The minimum Gasteiger partial charge on any atom is -0.393 e. The van der Waals surface area contributed by atoms with Crippen molar-refractivity contribution in [3.63, 3.8) is 0 Å². The largest absolute Gasteiger partial charge is 0.393 e. The van der Waals surface area contributed by atoms with Crippen LogP contribution in [-0.4, -0.2) is 28.2 Å². The lowest BCUT2D eigenvalue weighted by atomic mass is 9.60. The Labute approximate surface area is 203 Å². The van der Waals surface area contributed by atoms with Crippen molar-refractivity contribution in [1.29, 1.82) is 0 Å². The summed E-state index contributed by atoms with van der Waals surface area (Å²) in [5.41, 5.74) is 4.76. The third kappa shape index (κ3) is 5.13. The average molecular weight is 469 g/mol. The van der Waals surface area contributed by atoms with E-state index in [9.17, 15) is 15.0 Å². The molecule has 33 heavy (non-hydrogen) atoms. The highest BCUT2D eigenvalue weighted by atomic mass is 32.1. The summed E-state index contributed by atoms with van der Waals surface area (Å²) in [6.07, 6.45) is 12.0.